The maximum absolute atomic E-state index is 14.4. The molecule has 142 valence electrons. The van der Waals surface area contributed by atoms with Crippen LogP contribution < -0.4 is 0 Å². The van der Waals surface area contributed by atoms with Gasteiger partial charge in [-0.15, -0.1) is 0 Å². The highest BCUT2D eigenvalue weighted by molar-refractivity contribution is 6.29. The van der Waals surface area contributed by atoms with Crippen LogP contribution in [0.2, 0.25) is 5.15 Å². The number of hydrogen-bond donors (Lipinski definition) is 0. The number of pyridine rings is 1. The Hall–Kier alpha value is -2.34. The number of likely N-dealkylation sites (N-methyl/N-ethyl adjacent to an activating group) is 1. The number of aryl methyl sites for hydroxylation is 1. The van der Waals surface area contributed by atoms with Crippen LogP contribution in [0.25, 0.3) is 0 Å². The largest absolute Gasteiger partial charge is 0.345 e. The van der Waals surface area contributed by atoms with E-state index in [2.05, 4.69) is 4.98 Å². The quantitative estimate of drug-likeness (QED) is 0.729. The molecule has 0 bridgehead atoms. The predicted octanol–water partition coefficient (Wildman–Crippen LogP) is 3.70. The smallest absolute Gasteiger partial charge is 0.226 e. The van der Waals surface area contributed by atoms with Crippen LogP contribution in [0.4, 0.5) is 8.78 Å². The Morgan fingerprint density at radius 3 is 2.56 bits per heavy atom. The summed E-state index contributed by atoms with van der Waals surface area (Å²) in [6.45, 7) is 1.78. The van der Waals surface area contributed by atoms with Crippen molar-refractivity contribution in [2.75, 3.05) is 13.6 Å². The molecule has 0 radical (unpaired) electrons. The standard InChI is InChI=1S/C20H19ClF2N2O2/c1-11-5-16(22)19(17(23)6-11)15-10-25(2)20(27)14(15)8-13(26)7-12-3-4-18(21)24-9-12/h3-6,9,14-15H,7-8,10H2,1-2H3/t14-,15+/m0/s1. The van der Waals surface area contributed by atoms with Crippen molar-refractivity contribution in [2.45, 2.75) is 25.7 Å². The summed E-state index contributed by atoms with van der Waals surface area (Å²) in [5, 5.41) is 0.323. The summed E-state index contributed by atoms with van der Waals surface area (Å²) in [5.74, 6) is -3.31. The van der Waals surface area contributed by atoms with Crippen molar-refractivity contribution >= 4 is 23.3 Å². The van der Waals surface area contributed by atoms with Crippen molar-refractivity contribution in [3.63, 3.8) is 0 Å². The second-order valence-electron chi connectivity index (χ2n) is 6.98. The number of benzene rings is 1. The minimum atomic E-state index is -0.783. The summed E-state index contributed by atoms with van der Waals surface area (Å²) in [7, 11) is 1.58. The first-order valence-corrected chi connectivity index (χ1v) is 8.96. The Kier molecular flexibility index (Phi) is 5.56. The van der Waals surface area contributed by atoms with Gasteiger partial charge in [-0.2, -0.15) is 0 Å². The van der Waals surface area contributed by atoms with E-state index in [0.717, 1.165) is 0 Å². The Bertz CT molecular complexity index is 863. The predicted molar refractivity (Wildman–Crippen MR) is 97.5 cm³/mol. The third-order valence-electron chi connectivity index (χ3n) is 4.88. The maximum atomic E-state index is 14.4. The maximum Gasteiger partial charge on any atom is 0.226 e. The van der Waals surface area contributed by atoms with E-state index in [1.165, 1.54) is 23.2 Å². The first kappa shape index (κ1) is 19.4. The van der Waals surface area contributed by atoms with E-state index < -0.39 is 23.5 Å². The summed E-state index contributed by atoms with van der Waals surface area (Å²) in [6.07, 6.45) is 1.51. The van der Waals surface area contributed by atoms with Crippen molar-refractivity contribution in [1.82, 2.24) is 9.88 Å². The molecule has 1 aliphatic rings. The molecule has 4 nitrogen and oxygen atoms in total. The first-order chi connectivity index (χ1) is 12.8. The van der Waals surface area contributed by atoms with E-state index in [1.54, 1.807) is 26.1 Å². The highest BCUT2D eigenvalue weighted by Gasteiger charge is 2.42. The lowest BCUT2D eigenvalue weighted by Crippen LogP contribution is -2.25. The van der Waals surface area contributed by atoms with E-state index in [-0.39, 0.29) is 36.6 Å². The van der Waals surface area contributed by atoms with Crippen LogP contribution in [0, 0.1) is 24.5 Å². The third kappa shape index (κ3) is 4.16. The molecule has 1 aliphatic heterocycles. The Morgan fingerprint density at radius 2 is 1.96 bits per heavy atom. The van der Waals surface area contributed by atoms with Crippen LogP contribution in [-0.2, 0) is 16.0 Å². The van der Waals surface area contributed by atoms with Gasteiger partial charge in [0.1, 0.15) is 22.6 Å². The van der Waals surface area contributed by atoms with Crippen LogP contribution in [0.5, 0.6) is 0 Å². The normalized spacial score (nSPS) is 19.6. The molecule has 3 rings (SSSR count). The number of ketones is 1. The van der Waals surface area contributed by atoms with Crippen LogP contribution in [0.1, 0.15) is 29.0 Å². The fraction of sp³-hybridized carbons (Fsp3) is 0.350. The van der Waals surface area contributed by atoms with Gasteiger partial charge in [-0.05, 0) is 36.2 Å². The van der Waals surface area contributed by atoms with E-state index in [4.69, 9.17) is 11.6 Å². The fourth-order valence-corrected chi connectivity index (χ4v) is 3.72. The number of likely N-dealkylation sites (tertiary alicyclic amines) is 1. The molecule has 0 N–H and O–H groups in total. The van der Waals surface area contributed by atoms with Gasteiger partial charge in [0.2, 0.25) is 5.91 Å². The van der Waals surface area contributed by atoms with E-state index in [1.807, 2.05) is 0 Å². The molecule has 27 heavy (non-hydrogen) atoms. The molecule has 0 aliphatic carbocycles. The molecular weight excluding hydrogens is 374 g/mol. The molecule has 1 amide bonds. The molecule has 1 saturated heterocycles. The van der Waals surface area contributed by atoms with Gasteiger partial charge >= 0.3 is 0 Å². The van der Waals surface area contributed by atoms with Gasteiger partial charge in [-0.25, -0.2) is 13.8 Å². The highest BCUT2D eigenvalue weighted by atomic mass is 35.5. The number of amides is 1. The van der Waals surface area contributed by atoms with Crippen molar-refractivity contribution in [3.8, 4) is 0 Å². The van der Waals surface area contributed by atoms with Gasteiger partial charge in [0.15, 0.2) is 0 Å². The lowest BCUT2D eigenvalue weighted by atomic mass is 9.83. The SMILES string of the molecule is Cc1cc(F)c([C@@H]2CN(C)C(=O)[C@H]2CC(=O)Cc2ccc(Cl)nc2)c(F)c1. The lowest BCUT2D eigenvalue weighted by Gasteiger charge is -2.18. The molecule has 2 heterocycles. The van der Waals surface area contributed by atoms with Gasteiger partial charge in [0.25, 0.3) is 0 Å². The van der Waals surface area contributed by atoms with E-state index in [0.29, 0.717) is 16.3 Å². The Balaban J connectivity index is 1.82. The molecule has 1 aromatic heterocycles. The number of halogens is 3. The second-order valence-corrected chi connectivity index (χ2v) is 7.37. The topological polar surface area (TPSA) is 50.3 Å². The van der Waals surface area contributed by atoms with Gasteiger partial charge < -0.3 is 4.90 Å². The van der Waals surface area contributed by atoms with Gasteiger partial charge in [0, 0.05) is 44.1 Å². The van der Waals surface area contributed by atoms with Crippen molar-refractivity contribution < 1.29 is 18.4 Å². The first-order valence-electron chi connectivity index (χ1n) is 8.59. The van der Waals surface area contributed by atoms with Gasteiger partial charge in [0.05, 0.1) is 5.92 Å². The second kappa shape index (κ2) is 7.72. The van der Waals surface area contributed by atoms with Crippen LogP contribution in [0.15, 0.2) is 30.5 Å². The summed E-state index contributed by atoms with van der Waals surface area (Å²) >= 11 is 5.73. The number of carbonyl (C=O) groups is 2. The average molecular weight is 393 g/mol. The van der Waals surface area contributed by atoms with Crippen LogP contribution >= 0.6 is 11.6 Å². The lowest BCUT2D eigenvalue weighted by molar-refractivity contribution is -0.132. The molecule has 0 saturated carbocycles. The van der Waals surface area contributed by atoms with Crippen molar-refractivity contribution in [3.05, 3.63) is 63.9 Å². The average Bonchev–Trinajstić information content (AvgIpc) is 2.84. The van der Waals surface area contributed by atoms with Gasteiger partial charge in [-0.3, -0.25) is 9.59 Å². The van der Waals surface area contributed by atoms with Crippen LogP contribution in [-0.4, -0.2) is 35.2 Å². The summed E-state index contributed by atoms with van der Waals surface area (Å²) in [5.41, 5.74) is 1.02. The minimum absolute atomic E-state index is 0.0801. The number of rotatable bonds is 5. The molecule has 0 unspecified atom stereocenters. The van der Waals surface area contributed by atoms with Crippen molar-refractivity contribution in [2.24, 2.45) is 5.92 Å². The zero-order chi connectivity index (χ0) is 19.7. The molecule has 0 spiro atoms. The third-order valence-corrected chi connectivity index (χ3v) is 5.10. The molecular formula is C20H19ClF2N2O2. The number of carbonyl (C=O) groups excluding carboxylic acids is 2. The number of nitrogens with zero attached hydrogens (tertiary/aromatic N) is 2. The molecule has 2 aromatic rings. The Morgan fingerprint density at radius 1 is 1.30 bits per heavy atom. The highest BCUT2D eigenvalue weighted by Crippen LogP contribution is 2.38. The fourth-order valence-electron chi connectivity index (χ4n) is 3.61. The zero-order valence-corrected chi connectivity index (χ0v) is 15.8. The molecule has 2 atom stereocenters. The minimum Gasteiger partial charge on any atom is -0.345 e. The van der Waals surface area contributed by atoms with Crippen molar-refractivity contribution in [1.29, 1.82) is 0 Å². The van der Waals surface area contributed by atoms with Gasteiger partial charge in [-0.1, -0.05) is 17.7 Å². The summed E-state index contributed by atoms with van der Waals surface area (Å²) in [6, 6.07) is 5.77. The zero-order valence-electron chi connectivity index (χ0n) is 15.0. The van der Waals surface area contributed by atoms with E-state index >= 15 is 0 Å². The number of hydrogen-bond acceptors (Lipinski definition) is 3. The summed E-state index contributed by atoms with van der Waals surface area (Å²) < 4.78 is 28.9. The Labute approximate surface area is 161 Å². The number of Topliss-reactive ketones (excluding diaryl/α,β-unsaturated/α-hetero) is 1. The number of aromatic nitrogens is 1. The molecule has 1 fully saturated rings. The molecule has 7 heteroatoms. The van der Waals surface area contributed by atoms with Crippen LogP contribution in [0.3, 0.4) is 0 Å². The molecule has 1 aromatic carbocycles. The summed E-state index contributed by atoms with van der Waals surface area (Å²) in [4.78, 5) is 30.3. The van der Waals surface area contributed by atoms with E-state index in [9.17, 15) is 18.4 Å². The monoisotopic (exact) mass is 392 g/mol.